The fourth-order valence-corrected chi connectivity index (χ4v) is 3.75. The number of benzene rings is 2. The second-order valence-electron chi connectivity index (χ2n) is 8.31. The Morgan fingerprint density at radius 1 is 0.581 bits per heavy atom. The van der Waals surface area contributed by atoms with Crippen LogP contribution in [0.4, 0.5) is 23.0 Å². The minimum Gasteiger partial charge on any atom is -0.233 e. The Bertz CT molecular complexity index is 1380. The summed E-state index contributed by atoms with van der Waals surface area (Å²) in [7, 11) is 0. The summed E-state index contributed by atoms with van der Waals surface area (Å²) >= 11 is 0. The molecule has 0 N–H and O–H groups in total. The number of imidazole rings is 1. The van der Waals surface area contributed by atoms with E-state index < -0.39 is 0 Å². The van der Waals surface area contributed by atoms with Crippen LogP contribution in [0, 0.1) is 12.1 Å². The minimum atomic E-state index is 0. The molecule has 0 aliphatic carbocycles. The summed E-state index contributed by atoms with van der Waals surface area (Å²) in [4.78, 5) is 0. The van der Waals surface area contributed by atoms with E-state index in [1.165, 1.54) is 0 Å². The number of hydrogen-bond acceptors (Lipinski definition) is 4. The number of rotatable bonds is 10. The minimum absolute atomic E-state index is 0. The molecule has 222 valence electrons. The molecule has 10 heteroatoms. The molecule has 0 radical (unpaired) electrons. The molecule has 5 aromatic rings. The van der Waals surface area contributed by atoms with Gasteiger partial charge in [-0.25, -0.2) is 18.3 Å². The van der Waals surface area contributed by atoms with Gasteiger partial charge in [-0.2, -0.15) is 36.4 Å². The zero-order valence-corrected chi connectivity index (χ0v) is 31.1. The van der Waals surface area contributed by atoms with Crippen molar-refractivity contribution in [3.63, 3.8) is 0 Å². The van der Waals surface area contributed by atoms with Crippen LogP contribution in [0.5, 0.6) is 0 Å². The van der Waals surface area contributed by atoms with Crippen LogP contribution in [0.1, 0.15) is 27.7 Å². The Morgan fingerprint density at radius 3 is 1.58 bits per heavy atom. The normalized spacial score (nSPS) is 10.1. The molecule has 0 fully saturated rings. The molecule has 0 unspecified atom stereocenters. The summed E-state index contributed by atoms with van der Waals surface area (Å²) in [6.45, 7) is 11.2. The van der Waals surface area contributed by atoms with Gasteiger partial charge in [-0.3, -0.25) is 0 Å². The van der Waals surface area contributed by atoms with Gasteiger partial charge in [-0.15, -0.1) is 24.3 Å². The molecule has 3 aromatic heterocycles. The zero-order valence-electron chi connectivity index (χ0n) is 25.2. The van der Waals surface area contributed by atoms with Crippen molar-refractivity contribution < 1.29 is 55.8 Å². The monoisotopic (exact) mass is 915 g/mol. The van der Waals surface area contributed by atoms with E-state index in [4.69, 9.17) is 0 Å². The first kappa shape index (κ1) is 37.6. The predicted molar refractivity (Wildman–Crippen MR) is 160 cm³/mol. The second kappa shape index (κ2) is 22.1. The SMILES string of the molecule is CC.CC.[W].[W].[c-]1ccc(N=Nc2cccc[n+]2CCn2cc[n+](CC[n+]3ccccc3N=Nc3cc[c-]cc3)c2)cc1. The van der Waals surface area contributed by atoms with Crippen LogP contribution >= 0.6 is 0 Å². The average Bonchev–Trinajstić information content (AvgIpc) is 3.52. The average molecular weight is 915 g/mol. The van der Waals surface area contributed by atoms with Gasteiger partial charge >= 0.3 is 11.6 Å². The summed E-state index contributed by atoms with van der Waals surface area (Å²) in [5, 5.41) is 17.6. The molecule has 0 saturated heterocycles. The number of nitrogens with zero attached hydrogens (tertiary/aromatic N) is 8. The maximum absolute atomic E-state index is 4.44. The molecule has 43 heavy (non-hydrogen) atoms. The van der Waals surface area contributed by atoms with Crippen molar-refractivity contribution in [3.8, 4) is 0 Å². The van der Waals surface area contributed by atoms with Crippen LogP contribution in [0.25, 0.3) is 0 Å². The molecule has 2 aromatic carbocycles. The van der Waals surface area contributed by atoms with Crippen molar-refractivity contribution in [2.45, 2.75) is 53.9 Å². The fourth-order valence-electron chi connectivity index (χ4n) is 3.75. The van der Waals surface area contributed by atoms with Gasteiger partial charge in [0.2, 0.25) is 6.33 Å². The summed E-state index contributed by atoms with van der Waals surface area (Å²) in [5.41, 5.74) is 1.61. The molecule has 0 aliphatic rings. The van der Waals surface area contributed by atoms with Gasteiger partial charge in [0.25, 0.3) is 0 Å². The quantitative estimate of drug-likeness (QED) is 0.0808. The van der Waals surface area contributed by atoms with E-state index in [1.807, 2.05) is 125 Å². The van der Waals surface area contributed by atoms with Crippen molar-refractivity contribution in [1.29, 1.82) is 0 Å². The van der Waals surface area contributed by atoms with E-state index in [0.29, 0.717) is 0 Å². The summed E-state index contributed by atoms with van der Waals surface area (Å²) in [6, 6.07) is 32.8. The Balaban J connectivity index is 0.00000148. The number of hydrogen-bond donors (Lipinski definition) is 0. The molecular weight excluding hydrogens is 876 g/mol. The first-order chi connectivity index (χ1) is 20.3. The topological polar surface area (TPSA) is 66.0 Å². The molecule has 0 aliphatic heterocycles. The number of aryl methyl sites for hydroxylation is 4. The number of pyridine rings is 2. The molecule has 0 atom stereocenters. The van der Waals surface area contributed by atoms with E-state index in [2.05, 4.69) is 69.6 Å². The molecular formula is C33H39N8W2+. The number of aromatic nitrogens is 4. The van der Waals surface area contributed by atoms with Gasteiger partial charge in [0.15, 0.2) is 0 Å². The Hall–Kier alpha value is -3.47. The molecule has 3 heterocycles. The molecule has 0 amide bonds. The largest absolute Gasteiger partial charge is 0.350 e. The van der Waals surface area contributed by atoms with Gasteiger partial charge in [-0.1, -0.05) is 50.1 Å². The van der Waals surface area contributed by atoms with Crippen LogP contribution < -0.4 is 13.7 Å². The Labute approximate surface area is 284 Å². The number of azo groups is 2. The maximum atomic E-state index is 4.44. The van der Waals surface area contributed by atoms with Crippen LogP contribution in [0.15, 0.2) is 137 Å². The Morgan fingerprint density at radius 2 is 1.07 bits per heavy atom. The van der Waals surface area contributed by atoms with E-state index >= 15 is 0 Å². The third-order valence-corrected chi connectivity index (χ3v) is 5.71. The van der Waals surface area contributed by atoms with Crippen LogP contribution in [0.3, 0.4) is 0 Å². The predicted octanol–water partition coefficient (Wildman–Crippen LogP) is 7.23. The fraction of sp³-hybridized carbons (Fsp3) is 0.242. The summed E-state index contributed by atoms with van der Waals surface area (Å²) in [5.74, 6) is 1.62. The van der Waals surface area contributed by atoms with Gasteiger partial charge in [-0.05, 0) is 12.1 Å². The molecule has 0 spiro atoms. The van der Waals surface area contributed by atoms with Gasteiger partial charge < -0.3 is 0 Å². The Kier molecular flexibility index (Phi) is 19.3. The van der Waals surface area contributed by atoms with Crippen LogP contribution in [-0.2, 0) is 68.3 Å². The molecule has 0 saturated carbocycles. The van der Waals surface area contributed by atoms with Crippen molar-refractivity contribution in [2.75, 3.05) is 0 Å². The van der Waals surface area contributed by atoms with Crippen LogP contribution in [-0.4, -0.2) is 4.57 Å². The third kappa shape index (κ3) is 12.7. The van der Waals surface area contributed by atoms with Crippen molar-refractivity contribution >= 4 is 23.0 Å². The van der Waals surface area contributed by atoms with Gasteiger partial charge in [0, 0.05) is 65.6 Å². The maximum Gasteiger partial charge on any atom is 0.350 e. The van der Waals surface area contributed by atoms with Crippen molar-refractivity contribution in [1.82, 2.24) is 4.57 Å². The molecule has 8 nitrogen and oxygen atoms in total. The second-order valence-corrected chi connectivity index (χ2v) is 8.31. The molecule has 0 bridgehead atoms. The van der Waals surface area contributed by atoms with E-state index in [1.54, 1.807) is 0 Å². The van der Waals surface area contributed by atoms with E-state index in [0.717, 1.165) is 49.2 Å². The van der Waals surface area contributed by atoms with Gasteiger partial charge in [0.05, 0.1) is 22.6 Å². The van der Waals surface area contributed by atoms with E-state index in [9.17, 15) is 0 Å². The third-order valence-electron chi connectivity index (χ3n) is 5.71. The van der Waals surface area contributed by atoms with Gasteiger partial charge in [0.1, 0.15) is 38.6 Å². The standard InChI is InChI=1S/C29H27N8.2C2H6.2W/c1-3-11-26(12-4-1)30-32-28-15-7-9-17-36(28)23-21-34-19-20-35(25-34)22-24-37-18-10-8-16-29(37)33-31-27-13-5-2-6-14-27;2*1-2;;/h3-20,25H,21-24H2;2*1-2H3;;/q+1;;;;. The summed E-state index contributed by atoms with van der Waals surface area (Å²) < 4.78 is 8.56. The smallest absolute Gasteiger partial charge is 0.233 e. The first-order valence-electron chi connectivity index (χ1n) is 14.1. The first-order valence-corrected chi connectivity index (χ1v) is 14.1. The van der Waals surface area contributed by atoms with Crippen LogP contribution in [0.2, 0.25) is 0 Å². The zero-order chi connectivity index (χ0) is 29.1. The molecule has 5 rings (SSSR count). The van der Waals surface area contributed by atoms with Crippen molar-refractivity contribution in [2.24, 2.45) is 20.5 Å². The van der Waals surface area contributed by atoms with Crippen molar-refractivity contribution in [3.05, 3.63) is 128 Å². The summed E-state index contributed by atoms with van der Waals surface area (Å²) in [6.07, 6.45) is 10.4. The van der Waals surface area contributed by atoms with E-state index in [-0.39, 0.29) is 42.1 Å².